The van der Waals surface area contributed by atoms with Gasteiger partial charge in [0.15, 0.2) is 5.11 Å². The number of rotatable bonds is 7. The topological polar surface area (TPSA) is 62.2 Å². The van der Waals surface area contributed by atoms with Crippen LogP contribution in [-0.4, -0.2) is 32.0 Å². The summed E-state index contributed by atoms with van der Waals surface area (Å²) in [6.07, 6.45) is 1.94. The maximum Gasteiger partial charge on any atom is 0.226 e. The van der Waals surface area contributed by atoms with Crippen molar-refractivity contribution in [1.29, 1.82) is 0 Å². The van der Waals surface area contributed by atoms with Crippen molar-refractivity contribution in [3.05, 3.63) is 111 Å². The molecule has 5 rings (SSSR count). The second-order valence-electron chi connectivity index (χ2n) is 9.38. The molecule has 0 unspecified atom stereocenters. The molecule has 0 aliphatic carbocycles. The van der Waals surface area contributed by atoms with Crippen LogP contribution in [0, 0.1) is 19.7 Å². The lowest BCUT2D eigenvalue weighted by Crippen LogP contribution is -2.32. The first-order chi connectivity index (χ1) is 18.7. The summed E-state index contributed by atoms with van der Waals surface area (Å²) in [6.45, 7) is 4.44. The van der Waals surface area contributed by atoms with Gasteiger partial charge in [0, 0.05) is 41.3 Å². The largest absolute Gasteiger partial charge is 0.352 e. The zero-order chi connectivity index (χ0) is 27.7. The number of carbonyl (C=O) groups is 1. The van der Waals surface area contributed by atoms with Crippen LogP contribution in [-0.2, 0) is 4.79 Å². The van der Waals surface area contributed by atoms with Crippen LogP contribution in [0.4, 0.5) is 10.1 Å². The summed E-state index contributed by atoms with van der Waals surface area (Å²) in [6, 6.07) is 18.6. The highest BCUT2D eigenvalue weighted by molar-refractivity contribution is 7.80. The highest BCUT2D eigenvalue weighted by Gasteiger charge is 2.41. The number of anilines is 1. The van der Waals surface area contributed by atoms with Crippen molar-refractivity contribution in [3.8, 4) is 5.69 Å². The first-order valence-corrected chi connectivity index (χ1v) is 13.6. The standard InChI is InChI=1S/C29H26Cl2FN5OS/c1-17-15-22(18(2)37(17)25-11-6-19(30)16-23(25)31)28-27(24-5-3-4-13-33-24)35-29(39)36(28)14-12-26(38)34-21-9-7-20(32)8-10-21/h3-11,13,15-16,27-28H,12,14H2,1-2H3,(H,34,38)(H,35,39)/t27-,28+/m0/s1. The third-order valence-corrected chi connectivity index (χ3v) is 7.74. The van der Waals surface area contributed by atoms with Crippen LogP contribution in [0.15, 0.2) is 72.9 Å². The molecule has 1 saturated heterocycles. The highest BCUT2D eigenvalue weighted by Crippen LogP contribution is 2.42. The molecule has 0 saturated carbocycles. The van der Waals surface area contributed by atoms with Crippen LogP contribution in [0.1, 0.15) is 41.1 Å². The van der Waals surface area contributed by atoms with Crippen molar-refractivity contribution in [2.75, 3.05) is 11.9 Å². The molecule has 1 fully saturated rings. The van der Waals surface area contributed by atoms with E-state index in [-0.39, 0.29) is 30.2 Å². The summed E-state index contributed by atoms with van der Waals surface area (Å²) < 4.78 is 15.4. The average Bonchev–Trinajstić information content (AvgIpc) is 3.39. The molecule has 1 aliphatic heterocycles. The van der Waals surface area contributed by atoms with Crippen LogP contribution >= 0.6 is 35.4 Å². The fourth-order valence-corrected chi connectivity index (χ4v) is 5.91. The lowest BCUT2D eigenvalue weighted by Gasteiger charge is -2.28. The van der Waals surface area contributed by atoms with Crippen molar-refractivity contribution in [2.45, 2.75) is 32.4 Å². The van der Waals surface area contributed by atoms with Gasteiger partial charge in [0.25, 0.3) is 0 Å². The molecule has 0 spiro atoms. The number of carbonyl (C=O) groups excluding carboxylic acids is 1. The number of benzene rings is 2. The molecule has 4 aromatic rings. The van der Waals surface area contributed by atoms with Gasteiger partial charge >= 0.3 is 0 Å². The third-order valence-electron chi connectivity index (χ3n) is 6.85. The minimum atomic E-state index is -0.359. The predicted octanol–water partition coefficient (Wildman–Crippen LogP) is 6.94. The van der Waals surface area contributed by atoms with Crippen molar-refractivity contribution >= 4 is 52.1 Å². The first kappa shape index (κ1) is 27.1. The highest BCUT2D eigenvalue weighted by atomic mass is 35.5. The van der Waals surface area contributed by atoms with Gasteiger partial charge in [0.1, 0.15) is 5.82 Å². The third kappa shape index (κ3) is 5.64. The second kappa shape index (κ2) is 11.3. The van der Waals surface area contributed by atoms with Crippen molar-refractivity contribution in [1.82, 2.24) is 19.8 Å². The summed E-state index contributed by atoms with van der Waals surface area (Å²) >= 11 is 18.5. The molecule has 2 atom stereocenters. The Labute approximate surface area is 241 Å². The number of nitrogens with zero attached hydrogens (tertiary/aromatic N) is 3. The lowest BCUT2D eigenvalue weighted by molar-refractivity contribution is -0.116. The zero-order valence-corrected chi connectivity index (χ0v) is 23.6. The molecular weight excluding hydrogens is 556 g/mol. The molecule has 3 heterocycles. The minimum absolute atomic E-state index is 0.187. The van der Waals surface area contributed by atoms with Crippen LogP contribution in [0.5, 0.6) is 0 Å². The number of pyridine rings is 1. The molecule has 39 heavy (non-hydrogen) atoms. The molecule has 1 amide bonds. The Morgan fingerprint density at radius 2 is 1.87 bits per heavy atom. The van der Waals surface area contributed by atoms with E-state index >= 15 is 0 Å². The molecular formula is C29H26Cl2FN5OS. The average molecular weight is 583 g/mol. The van der Waals surface area contributed by atoms with Gasteiger partial charge in [-0.05, 0) is 92.3 Å². The number of hydrogen-bond donors (Lipinski definition) is 2. The van der Waals surface area contributed by atoms with E-state index < -0.39 is 0 Å². The molecule has 0 bridgehead atoms. The second-order valence-corrected chi connectivity index (χ2v) is 10.6. The van der Waals surface area contributed by atoms with E-state index in [1.807, 2.05) is 49.1 Å². The number of nitrogens with one attached hydrogen (secondary N) is 2. The van der Waals surface area contributed by atoms with Crippen molar-refractivity contribution < 1.29 is 9.18 Å². The predicted molar refractivity (Wildman–Crippen MR) is 157 cm³/mol. The van der Waals surface area contributed by atoms with Crippen LogP contribution in [0.2, 0.25) is 10.0 Å². The Balaban J connectivity index is 1.48. The maximum absolute atomic E-state index is 13.3. The summed E-state index contributed by atoms with van der Waals surface area (Å²) in [5, 5.41) is 7.91. The molecule has 2 aromatic carbocycles. The SMILES string of the molecule is Cc1cc([C@@H]2[C@H](c3ccccn3)NC(=S)N2CCC(=O)Nc2ccc(F)cc2)c(C)n1-c1ccc(Cl)cc1Cl. The molecule has 10 heteroatoms. The normalized spacial score (nSPS) is 16.8. The van der Waals surface area contributed by atoms with E-state index in [1.54, 1.807) is 12.3 Å². The summed E-state index contributed by atoms with van der Waals surface area (Å²) in [4.78, 5) is 19.4. The van der Waals surface area contributed by atoms with E-state index in [1.165, 1.54) is 24.3 Å². The van der Waals surface area contributed by atoms with Gasteiger partial charge in [-0.25, -0.2) is 4.39 Å². The maximum atomic E-state index is 13.3. The number of halogens is 3. The van der Waals surface area contributed by atoms with Crippen LogP contribution in [0.25, 0.3) is 5.69 Å². The van der Waals surface area contributed by atoms with Gasteiger partial charge in [-0.1, -0.05) is 29.3 Å². The zero-order valence-electron chi connectivity index (χ0n) is 21.3. The van der Waals surface area contributed by atoms with E-state index in [2.05, 4.69) is 26.3 Å². The fourth-order valence-electron chi connectivity index (χ4n) is 5.08. The Bertz CT molecular complexity index is 1530. The summed E-state index contributed by atoms with van der Waals surface area (Å²) in [5.41, 5.74) is 5.25. The van der Waals surface area contributed by atoms with E-state index in [0.29, 0.717) is 27.4 Å². The molecule has 200 valence electrons. The van der Waals surface area contributed by atoms with Gasteiger partial charge in [0.2, 0.25) is 5.91 Å². The number of aromatic nitrogens is 2. The van der Waals surface area contributed by atoms with Crippen LogP contribution in [0.3, 0.4) is 0 Å². The molecule has 0 radical (unpaired) electrons. The summed E-state index contributed by atoms with van der Waals surface area (Å²) in [7, 11) is 0. The number of hydrogen-bond acceptors (Lipinski definition) is 3. The van der Waals surface area contributed by atoms with E-state index in [9.17, 15) is 9.18 Å². The van der Waals surface area contributed by atoms with Gasteiger partial charge in [-0.15, -0.1) is 0 Å². The van der Waals surface area contributed by atoms with Gasteiger partial charge < -0.3 is 20.1 Å². The minimum Gasteiger partial charge on any atom is -0.352 e. The van der Waals surface area contributed by atoms with Gasteiger partial charge in [-0.2, -0.15) is 0 Å². The number of amides is 1. The van der Waals surface area contributed by atoms with Crippen molar-refractivity contribution in [2.24, 2.45) is 0 Å². The number of aryl methyl sites for hydroxylation is 1. The van der Waals surface area contributed by atoms with Gasteiger partial charge in [0.05, 0.1) is 28.5 Å². The molecule has 2 N–H and O–H groups in total. The van der Waals surface area contributed by atoms with E-state index in [0.717, 1.165) is 28.3 Å². The van der Waals surface area contributed by atoms with Crippen molar-refractivity contribution in [3.63, 3.8) is 0 Å². The fraction of sp³-hybridized carbons (Fsp3) is 0.207. The Morgan fingerprint density at radius 1 is 1.10 bits per heavy atom. The Morgan fingerprint density at radius 3 is 2.56 bits per heavy atom. The van der Waals surface area contributed by atoms with Gasteiger partial charge in [-0.3, -0.25) is 9.78 Å². The Kier molecular flexibility index (Phi) is 7.88. The van der Waals surface area contributed by atoms with E-state index in [4.69, 9.17) is 35.4 Å². The molecule has 6 nitrogen and oxygen atoms in total. The smallest absolute Gasteiger partial charge is 0.226 e. The quantitative estimate of drug-likeness (QED) is 0.231. The molecule has 2 aromatic heterocycles. The number of thiocarbonyl (C=S) groups is 1. The first-order valence-electron chi connectivity index (χ1n) is 12.4. The molecule has 1 aliphatic rings. The Hall–Kier alpha value is -3.46. The van der Waals surface area contributed by atoms with Crippen LogP contribution < -0.4 is 10.6 Å². The summed E-state index contributed by atoms with van der Waals surface area (Å²) in [5.74, 6) is -0.551. The monoisotopic (exact) mass is 581 g/mol. The lowest BCUT2D eigenvalue weighted by atomic mass is 9.96.